The maximum Gasteiger partial charge on any atom is 0.242 e. The smallest absolute Gasteiger partial charge is 0.242 e. The maximum absolute atomic E-state index is 12.3. The fourth-order valence-corrected chi connectivity index (χ4v) is 2.85. The van der Waals surface area contributed by atoms with Crippen molar-refractivity contribution in [1.82, 2.24) is 10.1 Å². The molecule has 1 aromatic carbocycles. The van der Waals surface area contributed by atoms with E-state index in [9.17, 15) is 4.79 Å². The zero-order chi connectivity index (χ0) is 16.2. The Morgan fingerprint density at radius 3 is 2.87 bits per heavy atom. The number of likely N-dealkylation sites (tertiary alicyclic amines) is 1. The Balaban J connectivity index is 1.52. The Hall–Kier alpha value is -2.34. The van der Waals surface area contributed by atoms with Gasteiger partial charge in [-0.1, -0.05) is 23.4 Å². The molecule has 0 saturated carbocycles. The van der Waals surface area contributed by atoms with Crippen LogP contribution < -0.4 is 10.6 Å². The number of amides is 1. The first-order chi connectivity index (χ1) is 11.1. The normalized spacial score (nSPS) is 19.5. The maximum atomic E-state index is 12.3. The van der Waals surface area contributed by atoms with Crippen LogP contribution >= 0.6 is 0 Å². The van der Waals surface area contributed by atoms with Gasteiger partial charge in [0.1, 0.15) is 5.76 Å². The number of carbonyl (C=O) groups is 1. The summed E-state index contributed by atoms with van der Waals surface area (Å²) in [5.74, 6) is 1.09. The van der Waals surface area contributed by atoms with Gasteiger partial charge in [0.15, 0.2) is 5.82 Å². The minimum atomic E-state index is -0.199. The lowest BCUT2D eigenvalue weighted by Gasteiger charge is -2.23. The highest BCUT2D eigenvalue weighted by atomic mass is 16.5. The molecule has 1 aromatic heterocycles. The van der Waals surface area contributed by atoms with E-state index < -0.39 is 0 Å². The Morgan fingerprint density at radius 2 is 2.17 bits per heavy atom. The first-order valence-corrected chi connectivity index (χ1v) is 7.91. The quantitative estimate of drug-likeness (QED) is 0.887. The van der Waals surface area contributed by atoms with Gasteiger partial charge in [0, 0.05) is 30.9 Å². The molecule has 0 radical (unpaired) electrons. The van der Waals surface area contributed by atoms with Crippen molar-refractivity contribution in [2.45, 2.75) is 32.4 Å². The number of nitrogens with zero attached hydrogens (tertiary/aromatic N) is 2. The van der Waals surface area contributed by atoms with E-state index >= 15 is 0 Å². The molecule has 6 nitrogen and oxygen atoms in total. The van der Waals surface area contributed by atoms with E-state index in [-0.39, 0.29) is 11.9 Å². The predicted molar refractivity (Wildman–Crippen MR) is 89.4 cm³/mol. The van der Waals surface area contributed by atoms with Crippen LogP contribution in [-0.2, 0) is 4.79 Å². The van der Waals surface area contributed by atoms with Gasteiger partial charge in [-0.2, -0.15) is 0 Å². The molecule has 3 rings (SSSR count). The lowest BCUT2D eigenvalue weighted by molar-refractivity contribution is -0.120. The van der Waals surface area contributed by atoms with Crippen molar-refractivity contribution in [1.29, 1.82) is 0 Å². The summed E-state index contributed by atoms with van der Waals surface area (Å²) >= 11 is 0. The number of carbonyl (C=O) groups excluding carboxylic acids is 1. The topological polar surface area (TPSA) is 70.4 Å². The van der Waals surface area contributed by atoms with Crippen molar-refractivity contribution in [2.24, 2.45) is 0 Å². The van der Waals surface area contributed by atoms with E-state index in [1.165, 1.54) is 0 Å². The van der Waals surface area contributed by atoms with Gasteiger partial charge >= 0.3 is 0 Å². The number of hydrogen-bond acceptors (Lipinski definition) is 5. The SMILES string of the molecule is Cc1cc(NC(=O)[C@H](C)N2CC[C@H](Nc3ccccc3)C2)no1. The van der Waals surface area contributed by atoms with Crippen molar-refractivity contribution in [3.8, 4) is 0 Å². The molecule has 2 N–H and O–H groups in total. The summed E-state index contributed by atoms with van der Waals surface area (Å²) in [6.07, 6.45) is 1.02. The number of benzene rings is 1. The number of aryl methyl sites for hydroxylation is 1. The summed E-state index contributed by atoms with van der Waals surface area (Å²) < 4.78 is 4.97. The van der Waals surface area contributed by atoms with E-state index in [0.717, 1.165) is 25.2 Å². The average molecular weight is 314 g/mol. The van der Waals surface area contributed by atoms with Crippen LogP contribution in [0.5, 0.6) is 0 Å². The van der Waals surface area contributed by atoms with Crippen LogP contribution in [0, 0.1) is 6.92 Å². The fraction of sp³-hybridized carbons (Fsp3) is 0.412. The molecule has 23 heavy (non-hydrogen) atoms. The van der Waals surface area contributed by atoms with Crippen molar-refractivity contribution in [3.05, 3.63) is 42.2 Å². The molecule has 1 fully saturated rings. The van der Waals surface area contributed by atoms with Gasteiger partial charge < -0.3 is 15.2 Å². The van der Waals surface area contributed by atoms with Crippen LogP contribution in [0.1, 0.15) is 19.1 Å². The summed E-state index contributed by atoms with van der Waals surface area (Å²) in [6.45, 7) is 5.47. The molecule has 2 heterocycles. The van der Waals surface area contributed by atoms with Gasteiger partial charge in [-0.05, 0) is 32.4 Å². The summed E-state index contributed by atoms with van der Waals surface area (Å²) in [7, 11) is 0. The lowest BCUT2D eigenvalue weighted by atomic mass is 10.2. The molecule has 2 aromatic rings. The molecule has 2 atom stereocenters. The Labute approximate surface area is 135 Å². The van der Waals surface area contributed by atoms with Gasteiger partial charge in [0.2, 0.25) is 5.91 Å². The molecular weight excluding hydrogens is 292 g/mol. The van der Waals surface area contributed by atoms with Gasteiger partial charge in [-0.3, -0.25) is 9.69 Å². The van der Waals surface area contributed by atoms with E-state index in [1.807, 2.05) is 25.1 Å². The van der Waals surface area contributed by atoms with E-state index in [2.05, 4.69) is 32.8 Å². The van der Waals surface area contributed by atoms with Crippen LogP contribution in [0.4, 0.5) is 11.5 Å². The van der Waals surface area contributed by atoms with Crippen LogP contribution in [0.2, 0.25) is 0 Å². The molecule has 6 heteroatoms. The van der Waals surface area contributed by atoms with Crippen LogP contribution in [0.3, 0.4) is 0 Å². The van der Waals surface area contributed by atoms with Crippen LogP contribution in [0.15, 0.2) is 40.9 Å². The second-order valence-electron chi connectivity index (χ2n) is 5.98. The first kappa shape index (κ1) is 15.6. The third-order valence-electron chi connectivity index (χ3n) is 4.17. The van der Waals surface area contributed by atoms with Gasteiger partial charge in [-0.25, -0.2) is 0 Å². The summed E-state index contributed by atoms with van der Waals surface area (Å²) in [4.78, 5) is 14.5. The van der Waals surface area contributed by atoms with Crippen molar-refractivity contribution < 1.29 is 9.32 Å². The fourth-order valence-electron chi connectivity index (χ4n) is 2.85. The third-order valence-corrected chi connectivity index (χ3v) is 4.17. The number of para-hydroxylation sites is 1. The minimum Gasteiger partial charge on any atom is -0.381 e. The largest absolute Gasteiger partial charge is 0.381 e. The molecule has 0 spiro atoms. The number of rotatable bonds is 5. The molecule has 1 aliphatic rings. The van der Waals surface area contributed by atoms with Crippen molar-refractivity contribution in [3.63, 3.8) is 0 Å². The van der Waals surface area contributed by atoms with Crippen molar-refractivity contribution >= 4 is 17.4 Å². The van der Waals surface area contributed by atoms with E-state index in [0.29, 0.717) is 17.6 Å². The zero-order valence-corrected chi connectivity index (χ0v) is 13.5. The second-order valence-corrected chi connectivity index (χ2v) is 5.98. The highest BCUT2D eigenvalue weighted by Crippen LogP contribution is 2.18. The number of anilines is 2. The molecular formula is C17H22N4O2. The Bertz CT molecular complexity index is 656. The van der Waals surface area contributed by atoms with Gasteiger partial charge in [0.25, 0.3) is 0 Å². The number of aromatic nitrogens is 1. The standard InChI is InChI=1S/C17H22N4O2/c1-12-10-16(20-23-12)19-17(22)13(2)21-9-8-15(11-21)18-14-6-4-3-5-7-14/h3-7,10,13,15,18H,8-9,11H2,1-2H3,(H,19,20,22)/t13-,15-/m0/s1. The Kier molecular flexibility index (Phi) is 4.62. The molecule has 0 unspecified atom stereocenters. The molecule has 0 aliphatic carbocycles. The van der Waals surface area contributed by atoms with Crippen molar-refractivity contribution in [2.75, 3.05) is 23.7 Å². The summed E-state index contributed by atoms with van der Waals surface area (Å²) in [6, 6.07) is 12.0. The molecule has 0 bridgehead atoms. The van der Waals surface area contributed by atoms with Crippen LogP contribution in [-0.4, -0.2) is 41.1 Å². The lowest BCUT2D eigenvalue weighted by Crippen LogP contribution is -2.41. The minimum absolute atomic E-state index is 0.0568. The Morgan fingerprint density at radius 1 is 1.39 bits per heavy atom. The highest BCUT2D eigenvalue weighted by molar-refractivity contribution is 5.93. The van der Waals surface area contributed by atoms with E-state index in [4.69, 9.17) is 4.52 Å². The molecule has 122 valence electrons. The first-order valence-electron chi connectivity index (χ1n) is 7.91. The zero-order valence-electron chi connectivity index (χ0n) is 13.5. The highest BCUT2D eigenvalue weighted by Gasteiger charge is 2.29. The predicted octanol–water partition coefficient (Wildman–Crippen LogP) is 2.50. The van der Waals surface area contributed by atoms with Gasteiger partial charge in [0.05, 0.1) is 6.04 Å². The summed E-state index contributed by atoms with van der Waals surface area (Å²) in [5, 5.41) is 10.1. The average Bonchev–Trinajstić information content (AvgIpc) is 3.17. The number of hydrogen-bond donors (Lipinski definition) is 2. The molecule has 1 amide bonds. The monoisotopic (exact) mass is 314 g/mol. The summed E-state index contributed by atoms with van der Waals surface area (Å²) in [5.41, 5.74) is 1.12. The number of nitrogens with one attached hydrogen (secondary N) is 2. The van der Waals surface area contributed by atoms with Crippen LogP contribution in [0.25, 0.3) is 0 Å². The van der Waals surface area contributed by atoms with E-state index in [1.54, 1.807) is 13.0 Å². The third kappa shape index (κ3) is 3.90. The second kappa shape index (κ2) is 6.83. The van der Waals surface area contributed by atoms with Gasteiger partial charge in [-0.15, -0.1) is 0 Å². The molecule has 1 aliphatic heterocycles. The molecule has 1 saturated heterocycles.